The van der Waals surface area contributed by atoms with Crippen LogP contribution in [-0.4, -0.2) is 46.3 Å². The van der Waals surface area contributed by atoms with E-state index in [2.05, 4.69) is 19.4 Å². The number of aryl methyl sites for hydroxylation is 2. The van der Waals surface area contributed by atoms with Gasteiger partial charge >= 0.3 is 0 Å². The molecular formula is C17H25N5O. The first-order valence-electron chi connectivity index (χ1n) is 8.24. The van der Waals surface area contributed by atoms with Gasteiger partial charge in [-0.15, -0.1) is 0 Å². The highest BCUT2D eigenvalue weighted by Gasteiger charge is 2.26. The molecule has 0 bridgehead atoms. The highest BCUT2D eigenvalue weighted by atomic mass is 16.5. The molecule has 1 aliphatic rings. The Morgan fingerprint density at radius 1 is 1.30 bits per heavy atom. The summed E-state index contributed by atoms with van der Waals surface area (Å²) in [5, 5.41) is 0. The van der Waals surface area contributed by atoms with Crippen LogP contribution in [0.15, 0.2) is 18.6 Å². The fraction of sp³-hybridized carbons (Fsp3) is 0.588. The molecule has 3 heterocycles. The van der Waals surface area contributed by atoms with Gasteiger partial charge in [0.05, 0.1) is 18.0 Å². The molecule has 2 aromatic heterocycles. The van der Waals surface area contributed by atoms with Crippen molar-refractivity contribution >= 4 is 5.82 Å². The van der Waals surface area contributed by atoms with Crippen molar-refractivity contribution in [2.24, 2.45) is 0 Å². The van der Waals surface area contributed by atoms with Gasteiger partial charge < -0.3 is 14.2 Å². The minimum Gasteiger partial charge on any atom is -0.383 e. The molecular weight excluding hydrogens is 290 g/mol. The van der Waals surface area contributed by atoms with Crippen molar-refractivity contribution < 1.29 is 4.74 Å². The van der Waals surface area contributed by atoms with Gasteiger partial charge in [-0.1, -0.05) is 0 Å². The molecule has 6 nitrogen and oxygen atoms in total. The largest absolute Gasteiger partial charge is 0.383 e. The van der Waals surface area contributed by atoms with Gasteiger partial charge in [-0.05, 0) is 26.7 Å². The molecule has 1 saturated heterocycles. The van der Waals surface area contributed by atoms with E-state index in [1.807, 2.05) is 32.4 Å². The second kappa shape index (κ2) is 7.08. The minimum absolute atomic E-state index is 0.428. The lowest BCUT2D eigenvalue weighted by molar-refractivity contribution is 0.185. The van der Waals surface area contributed by atoms with Crippen molar-refractivity contribution in [2.75, 3.05) is 31.7 Å². The normalized spacial score (nSPS) is 18.4. The highest BCUT2D eigenvalue weighted by molar-refractivity contribution is 5.44. The minimum atomic E-state index is 0.428. The number of hydrogen-bond acceptors (Lipinski definition) is 5. The van der Waals surface area contributed by atoms with Crippen LogP contribution in [0.2, 0.25) is 0 Å². The summed E-state index contributed by atoms with van der Waals surface area (Å²) in [4.78, 5) is 16.1. The number of methoxy groups -OCH3 is 1. The third kappa shape index (κ3) is 3.52. The summed E-state index contributed by atoms with van der Waals surface area (Å²) >= 11 is 0. The van der Waals surface area contributed by atoms with E-state index in [1.54, 1.807) is 7.11 Å². The predicted molar refractivity (Wildman–Crippen MR) is 89.8 cm³/mol. The molecule has 0 N–H and O–H groups in total. The van der Waals surface area contributed by atoms with Crippen LogP contribution < -0.4 is 4.90 Å². The molecule has 1 aliphatic heterocycles. The van der Waals surface area contributed by atoms with Crippen molar-refractivity contribution in [1.29, 1.82) is 0 Å². The third-order valence-electron chi connectivity index (χ3n) is 4.42. The molecule has 1 atom stereocenters. The van der Waals surface area contributed by atoms with Crippen LogP contribution in [0, 0.1) is 13.8 Å². The summed E-state index contributed by atoms with van der Waals surface area (Å²) < 4.78 is 7.41. The first-order chi connectivity index (χ1) is 11.2. The van der Waals surface area contributed by atoms with Gasteiger partial charge in [-0.3, -0.25) is 4.98 Å². The Kier molecular flexibility index (Phi) is 4.91. The van der Waals surface area contributed by atoms with E-state index in [1.165, 1.54) is 6.42 Å². The lowest BCUT2D eigenvalue weighted by Gasteiger charge is -2.34. The summed E-state index contributed by atoms with van der Waals surface area (Å²) in [6.07, 6.45) is 8.08. The smallest absolute Gasteiger partial charge is 0.150 e. The number of ether oxygens (including phenoxy) is 1. The Balaban J connectivity index is 1.78. The predicted octanol–water partition coefficient (Wildman–Crippen LogP) is 2.32. The third-order valence-corrected chi connectivity index (χ3v) is 4.42. The number of anilines is 1. The van der Waals surface area contributed by atoms with E-state index in [0.29, 0.717) is 12.5 Å². The van der Waals surface area contributed by atoms with Gasteiger partial charge in [0.15, 0.2) is 0 Å². The lowest BCUT2D eigenvalue weighted by atomic mass is 9.97. The van der Waals surface area contributed by atoms with Crippen LogP contribution in [0.4, 0.5) is 5.82 Å². The van der Waals surface area contributed by atoms with Crippen molar-refractivity contribution in [2.45, 2.75) is 39.2 Å². The maximum atomic E-state index is 5.20. The van der Waals surface area contributed by atoms with E-state index < -0.39 is 0 Å². The summed E-state index contributed by atoms with van der Waals surface area (Å²) in [5.41, 5.74) is 1.97. The molecule has 0 aliphatic carbocycles. The molecule has 0 spiro atoms. The molecule has 124 valence electrons. The summed E-state index contributed by atoms with van der Waals surface area (Å²) in [7, 11) is 1.73. The summed E-state index contributed by atoms with van der Waals surface area (Å²) in [6, 6.07) is 0. The van der Waals surface area contributed by atoms with Crippen LogP contribution >= 0.6 is 0 Å². The van der Waals surface area contributed by atoms with Crippen molar-refractivity contribution in [3.8, 4) is 0 Å². The Bertz CT molecular complexity index is 654. The first-order valence-corrected chi connectivity index (χ1v) is 8.24. The van der Waals surface area contributed by atoms with Crippen molar-refractivity contribution in [3.05, 3.63) is 35.8 Å². The van der Waals surface area contributed by atoms with Gasteiger partial charge in [-0.25, -0.2) is 9.97 Å². The Labute approximate surface area is 137 Å². The van der Waals surface area contributed by atoms with Gasteiger partial charge in [0.1, 0.15) is 11.6 Å². The Morgan fingerprint density at radius 3 is 3.00 bits per heavy atom. The number of imidazole rings is 1. The fourth-order valence-corrected chi connectivity index (χ4v) is 3.26. The second-order valence-corrected chi connectivity index (χ2v) is 6.18. The van der Waals surface area contributed by atoms with Crippen LogP contribution in [-0.2, 0) is 11.3 Å². The van der Waals surface area contributed by atoms with Crippen LogP contribution in [0.1, 0.15) is 36.0 Å². The van der Waals surface area contributed by atoms with E-state index in [9.17, 15) is 0 Å². The van der Waals surface area contributed by atoms with Crippen LogP contribution in [0.25, 0.3) is 0 Å². The molecule has 0 amide bonds. The van der Waals surface area contributed by atoms with E-state index in [4.69, 9.17) is 9.72 Å². The molecule has 0 aromatic carbocycles. The molecule has 0 saturated carbocycles. The van der Waals surface area contributed by atoms with Gasteiger partial charge in [0.2, 0.25) is 0 Å². The fourth-order valence-electron chi connectivity index (χ4n) is 3.26. The molecule has 23 heavy (non-hydrogen) atoms. The maximum Gasteiger partial charge on any atom is 0.150 e. The standard InChI is InChI=1S/C17H25N5O/c1-13-11-19-14(2)16(20-13)22-7-4-5-15(12-22)17-18-6-8-21(17)9-10-23-3/h6,8,11,15H,4-5,7,9-10,12H2,1-3H3. The zero-order chi connectivity index (χ0) is 16.2. The number of piperidine rings is 1. The summed E-state index contributed by atoms with van der Waals surface area (Å²) in [6.45, 7) is 7.57. The number of nitrogens with zero attached hydrogens (tertiary/aromatic N) is 5. The topological polar surface area (TPSA) is 56.1 Å². The van der Waals surface area contributed by atoms with Crippen LogP contribution in [0.5, 0.6) is 0 Å². The maximum absolute atomic E-state index is 5.20. The Hall–Kier alpha value is -1.95. The molecule has 1 unspecified atom stereocenters. The molecule has 3 rings (SSSR count). The SMILES string of the molecule is COCCn1ccnc1C1CCCN(c2nc(C)cnc2C)C1. The zero-order valence-electron chi connectivity index (χ0n) is 14.2. The Morgan fingerprint density at radius 2 is 2.17 bits per heavy atom. The van der Waals surface area contributed by atoms with Crippen molar-refractivity contribution in [3.63, 3.8) is 0 Å². The highest BCUT2D eigenvalue weighted by Crippen LogP contribution is 2.29. The molecule has 6 heteroatoms. The number of rotatable bonds is 5. The monoisotopic (exact) mass is 315 g/mol. The second-order valence-electron chi connectivity index (χ2n) is 6.18. The van der Waals surface area contributed by atoms with Crippen molar-refractivity contribution in [1.82, 2.24) is 19.5 Å². The van der Waals surface area contributed by atoms with E-state index in [-0.39, 0.29) is 0 Å². The quantitative estimate of drug-likeness (QED) is 0.847. The van der Waals surface area contributed by atoms with E-state index in [0.717, 1.165) is 49.1 Å². The molecule has 0 radical (unpaired) electrons. The lowest BCUT2D eigenvalue weighted by Crippen LogP contribution is -2.36. The van der Waals surface area contributed by atoms with Gasteiger partial charge in [-0.2, -0.15) is 0 Å². The number of hydrogen-bond donors (Lipinski definition) is 0. The summed E-state index contributed by atoms with van der Waals surface area (Å²) in [5.74, 6) is 2.60. The van der Waals surface area contributed by atoms with Gasteiger partial charge in [0, 0.05) is 51.3 Å². The van der Waals surface area contributed by atoms with Gasteiger partial charge in [0.25, 0.3) is 0 Å². The molecule has 1 fully saturated rings. The number of aromatic nitrogens is 4. The van der Waals surface area contributed by atoms with Crippen LogP contribution in [0.3, 0.4) is 0 Å². The average Bonchev–Trinajstić information content (AvgIpc) is 3.04. The van der Waals surface area contributed by atoms with E-state index >= 15 is 0 Å². The zero-order valence-corrected chi connectivity index (χ0v) is 14.2. The first kappa shape index (κ1) is 15.9. The molecule has 2 aromatic rings. The average molecular weight is 315 g/mol.